The van der Waals surface area contributed by atoms with Crippen LogP contribution in [0.15, 0.2) is 58.3 Å². The SMILES string of the molecule is Cc1ccc(C(=O)N2CCC(CC(=O)O)CC2)c(Sc2ccccc2)c1. The number of aliphatic carboxylic acids is 1. The molecule has 26 heavy (non-hydrogen) atoms. The van der Waals surface area contributed by atoms with E-state index in [0.29, 0.717) is 13.1 Å². The monoisotopic (exact) mass is 369 g/mol. The Balaban J connectivity index is 1.74. The molecule has 2 aromatic carbocycles. The Morgan fingerprint density at radius 2 is 1.81 bits per heavy atom. The maximum absolute atomic E-state index is 13.0. The zero-order chi connectivity index (χ0) is 18.5. The molecule has 0 saturated carbocycles. The fourth-order valence-corrected chi connectivity index (χ4v) is 4.32. The predicted molar refractivity (Wildman–Crippen MR) is 103 cm³/mol. The second-order valence-electron chi connectivity index (χ2n) is 6.75. The van der Waals surface area contributed by atoms with Gasteiger partial charge in [0.2, 0.25) is 0 Å². The molecule has 3 rings (SSSR count). The van der Waals surface area contributed by atoms with Crippen LogP contribution in [-0.2, 0) is 4.79 Å². The van der Waals surface area contributed by atoms with Crippen molar-refractivity contribution in [2.75, 3.05) is 13.1 Å². The predicted octanol–water partition coefficient (Wildman–Crippen LogP) is 4.47. The highest BCUT2D eigenvalue weighted by atomic mass is 32.2. The van der Waals surface area contributed by atoms with Gasteiger partial charge in [-0.1, -0.05) is 36.0 Å². The molecule has 1 aliphatic heterocycles. The summed E-state index contributed by atoms with van der Waals surface area (Å²) in [7, 11) is 0. The maximum atomic E-state index is 13.0. The lowest BCUT2D eigenvalue weighted by molar-refractivity contribution is -0.138. The summed E-state index contributed by atoms with van der Waals surface area (Å²) in [6.07, 6.45) is 1.71. The Kier molecular flexibility index (Phi) is 5.99. The Hall–Kier alpha value is -2.27. The Bertz CT molecular complexity index is 783. The Morgan fingerprint density at radius 3 is 2.46 bits per heavy atom. The minimum absolute atomic E-state index is 0.0391. The van der Waals surface area contributed by atoms with Crippen molar-refractivity contribution < 1.29 is 14.7 Å². The van der Waals surface area contributed by atoms with Crippen molar-refractivity contribution in [2.45, 2.75) is 36.0 Å². The first kappa shape index (κ1) is 18.5. The number of aryl methyl sites for hydroxylation is 1. The average molecular weight is 369 g/mol. The van der Waals surface area contributed by atoms with Crippen molar-refractivity contribution in [3.8, 4) is 0 Å². The number of benzene rings is 2. The number of carbonyl (C=O) groups is 2. The first-order chi connectivity index (χ1) is 12.5. The lowest BCUT2D eigenvalue weighted by Crippen LogP contribution is -2.39. The number of rotatable bonds is 5. The quantitative estimate of drug-likeness (QED) is 0.845. The van der Waals surface area contributed by atoms with Crippen molar-refractivity contribution >= 4 is 23.6 Å². The molecule has 0 aliphatic carbocycles. The fourth-order valence-electron chi connectivity index (χ4n) is 3.26. The summed E-state index contributed by atoms with van der Waals surface area (Å²) in [4.78, 5) is 27.8. The van der Waals surface area contributed by atoms with Crippen LogP contribution in [0.1, 0.15) is 35.2 Å². The van der Waals surface area contributed by atoms with Crippen molar-refractivity contribution in [2.24, 2.45) is 5.92 Å². The lowest BCUT2D eigenvalue weighted by atomic mass is 9.93. The summed E-state index contributed by atoms with van der Waals surface area (Å²) in [6.45, 7) is 3.28. The molecule has 0 radical (unpaired) electrons. The number of amides is 1. The largest absolute Gasteiger partial charge is 0.481 e. The third kappa shape index (κ3) is 4.67. The van der Waals surface area contributed by atoms with E-state index in [0.717, 1.165) is 33.8 Å². The van der Waals surface area contributed by atoms with Gasteiger partial charge in [-0.15, -0.1) is 0 Å². The standard InChI is InChI=1S/C21H23NO3S/c1-15-7-8-18(19(13-15)26-17-5-3-2-4-6-17)21(25)22-11-9-16(10-12-22)14-20(23)24/h2-8,13,16H,9-12,14H2,1H3,(H,23,24). The van der Waals surface area contributed by atoms with Gasteiger partial charge in [-0.2, -0.15) is 0 Å². The van der Waals surface area contributed by atoms with Crippen LogP contribution in [0.5, 0.6) is 0 Å². The van der Waals surface area contributed by atoms with E-state index in [-0.39, 0.29) is 18.2 Å². The molecule has 0 atom stereocenters. The van der Waals surface area contributed by atoms with Crippen LogP contribution in [0.4, 0.5) is 0 Å². The van der Waals surface area contributed by atoms with E-state index in [4.69, 9.17) is 5.11 Å². The van der Waals surface area contributed by atoms with Crippen molar-refractivity contribution in [1.29, 1.82) is 0 Å². The number of likely N-dealkylation sites (tertiary alicyclic amines) is 1. The fraction of sp³-hybridized carbons (Fsp3) is 0.333. The molecule has 1 aliphatic rings. The number of carboxylic acids is 1. The molecule has 136 valence electrons. The molecule has 1 N–H and O–H groups in total. The van der Waals surface area contributed by atoms with E-state index >= 15 is 0 Å². The Morgan fingerprint density at radius 1 is 1.12 bits per heavy atom. The molecule has 2 aromatic rings. The van der Waals surface area contributed by atoms with Crippen LogP contribution in [0, 0.1) is 12.8 Å². The van der Waals surface area contributed by atoms with Crippen LogP contribution in [0.25, 0.3) is 0 Å². The van der Waals surface area contributed by atoms with Gasteiger partial charge in [0, 0.05) is 29.3 Å². The van der Waals surface area contributed by atoms with Gasteiger partial charge in [-0.05, 0) is 55.5 Å². The van der Waals surface area contributed by atoms with Crippen molar-refractivity contribution in [3.63, 3.8) is 0 Å². The topological polar surface area (TPSA) is 57.6 Å². The molecule has 1 saturated heterocycles. The van der Waals surface area contributed by atoms with Gasteiger partial charge >= 0.3 is 5.97 Å². The summed E-state index contributed by atoms with van der Waals surface area (Å²) in [5.41, 5.74) is 1.85. The highest BCUT2D eigenvalue weighted by Crippen LogP contribution is 2.32. The van der Waals surface area contributed by atoms with Crippen LogP contribution in [0.3, 0.4) is 0 Å². The normalized spacial score (nSPS) is 15.0. The van der Waals surface area contributed by atoms with E-state index in [2.05, 4.69) is 6.07 Å². The first-order valence-electron chi connectivity index (χ1n) is 8.87. The number of carboxylic acid groups (broad SMARTS) is 1. The third-order valence-corrected chi connectivity index (χ3v) is 5.77. The van der Waals surface area contributed by atoms with Crippen LogP contribution in [0.2, 0.25) is 0 Å². The molecular formula is C21H23NO3S. The van der Waals surface area contributed by atoms with Gasteiger partial charge in [-0.25, -0.2) is 0 Å². The Labute approximate surface area is 158 Å². The number of carbonyl (C=O) groups excluding carboxylic acids is 1. The molecule has 4 nitrogen and oxygen atoms in total. The molecule has 1 amide bonds. The number of hydrogen-bond donors (Lipinski definition) is 1. The zero-order valence-corrected chi connectivity index (χ0v) is 15.7. The molecule has 0 spiro atoms. The summed E-state index contributed by atoms with van der Waals surface area (Å²) in [5.74, 6) is -0.542. The van der Waals surface area contributed by atoms with E-state index in [9.17, 15) is 9.59 Å². The average Bonchev–Trinajstić information content (AvgIpc) is 2.62. The van der Waals surface area contributed by atoms with Gasteiger partial charge in [0.1, 0.15) is 0 Å². The number of piperidine rings is 1. The molecule has 0 unspecified atom stereocenters. The minimum Gasteiger partial charge on any atom is -0.481 e. The summed E-state index contributed by atoms with van der Waals surface area (Å²) in [6, 6.07) is 16.0. The number of nitrogens with zero attached hydrogens (tertiary/aromatic N) is 1. The van der Waals surface area contributed by atoms with E-state index in [1.807, 2.05) is 54.3 Å². The third-order valence-electron chi connectivity index (χ3n) is 4.70. The van der Waals surface area contributed by atoms with Gasteiger partial charge in [-0.3, -0.25) is 9.59 Å². The highest BCUT2D eigenvalue weighted by Gasteiger charge is 2.26. The lowest BCUT2D eigenvalue weighted by Gasteiger charge is -2.32. The molecule has 0 aromatic heterocycles. The second kappa shape index (κ2) is 8.41. The summed E-state index contributed by atoms with van der Waals surface area (Å²) >= 11 is 1.60. The van der Waals surface area contributed by atoms with Gasteiger partial charge < -0.3 is 10.0 Å². The van der Waals surface area contributed by atoms with E-state index in [1.165, 1.54) is 0 Å². The molecule has 0 bridgehead atoms. The molecular weight excluding hydrogens is 346 g/mol. The summed E-state index contributed by atoms with van der Waals surface area (Å²) < 4.78 is 0. The minimum atomic E-state index is -0.755. The van der Waals surface area contributed by atoms with Gasteiger partial charge in [0.15, 0.2) is 0 Å². The molecule has 1 fully saturated rings. The first-order valence-corrected chi connectivity index (χ1v) is 9.69. The number of hydrogen-bond acceptors (Lipinski definition) is 3. The van der Waals surface area contributed by atoms with Crippen LogP contribution in [-0.4, -0.2) is 35.0 Å². The maximum Gasteiger partial charge on any atom is 0.303 e. The molecule has 1 heterocycles. The van der Waals surface area contributed by atoms with Crippen molar-refractivity contribution in [1.82, 2.24) is 4.90 Å². The zero-order valence-electron chi connectivity index (χ0n) is 14.9. The van der Waals surface area contributed by atoms with Crippen LogP contribution >= 0.6 is 11.8 Å². The van der Waals surface area contributed by atoms with Crippen LogP contribution < -0.4 is 0 Å². The summed E-state index contributed by atoms with van der Waals surface area (Å²) in [5, 5.41) is 8.94. The van der Waals surface area contributed by atoms with Gasteiger partial charge in [0.05, 0.1) is 5.56 Å². The van der Waals surface area contributed by atoms with E-state index < -0.39 is 5.97 Å². The smallest absolute Gasteiger partial charge is 0.303 e. The van der Waals surface area contributed by atoms with Crippen molar-refractivity contribution in [3.05, 3.63) is 59.7 Å². The van der Waals surface area contributed by atoms with E-state index in [1.54, 1.807) is 11.8 Å². The van der Waals surface area contributed by atoms with Gasteiger partial charge in [0.25, 0.3) is 5.91 Å². The highest BCUT2D eigenvalue weighted by molar-refractivity contribution is 7.99. The molecule has 5 heteroatoms. The second-order valence-corrected chi connectivity index (χ2v) is 7.86.